The molecule has 89 valence electrons. The van der Waals surface area contributed by atoms with E-state index in [0.717, 1.165) is 0 Å². The maximum absolute atomic E-state index is 2.79. The first-order chi connectivity index (χ1) is 6.32. The third-order valence-corrected chi connectivity index (χ3v) is 94.6. The summed E-state index contributed by atoms with van der Waals surface area (Å²) < 4.78 is 0. The summed E-state index contributed by atoms with van der Waals surface area (Å²) in [6.07, 6.45) is 0. The van der Waals surface area contributed by atoms with Crippen molar-refractivity contribution in [3.63, 3.8) is 0 Å². The van der Waals surface area contributed by atoms with Gasteiger partial charge in [-0.3, -0.25) is 0 Å². The molecule has 1 heterocycles. The Morgan fingerprint density at radius 2 is 1.27 bits per heavy atom. The van der Waals surface area contributed by atoms with Crippen LogP contribution >= 0.6 is 0 Å². The molecule has 0 saturated carbocycles. The summed E-state index contributed by atoms with van der Waals surface area (Å²) in [5.41, 5.74) is 1.76. The fraction of sp³-hybridized carbons (Fsp3) is 1.00. The lowest BCUT2D eigenvalue weighted by atomic mass is 11.8. The monoisotopic (exact) mass is 289 g/mol. The first kappa shape index (κ1) is 14.1. The summed E-state index contributed by atoms with van der Waals surface area (Å²) in [5, 5.41) is 0. The smallest absolute Gasteiger partial charge is 0.0351 e. The molecule has 1 fully saturated rings. The van der Waals surface area contributed by atoms with E-state index >= 15 is 0 Å². The first-order valence-corrected chi connectivity index (χ1v) is 24.6. The molecule has 1 rings (SSSR count). The summed E-state index contributed by atoms with van der Waals surface area (Å²) in [6, 6.07) is 0. The Hall–Kier alpha value is 1.08. The van der Waals surface area contributed by atoms with Crippen LogP contribution in [0.25, 0.3) is 0 Å². The van der Waals surface area contributed by atoms with E-state index in [2.05, 4.69) is 58.9 Å². The highest BCUT2D eigenvalue weighted by Crippen LogP contribution is 2.43. The molecule has 0 N–H and O–H groups in total. The molecule has 1 aliphatic heterocycles. The van der Waals surface area contributed by atoms with Gasteiger partial charge >= 0.3 is 0 Å². The lowest BCUT2D eigenvalue weighted by Gasteiger charge is -2.43. The van der Waals surface area contributed by atoms with Crippen molar-refractivity contribution in [3.8, 4) is 0 Å². The molecular weight excluding hydrogens is 261 g/mol. The van der Waals surface area contributed by atoms with Crippen LogP contribution in [-0.2, 0) is 0 Å². The average molecular weight is 290 g/mol. The fourth-order valence-corrected chi connectivity index (χ4v) is 157. The van der Waals surface area contributed by atoms with Gasteiger partial charge in [-0.1, -0.05) is 64.6 Å². The molecule has 0 nitrogen and oxygen atoms in total. The van der Waals surface area contributed by atoms with Gasteiger partial charge in [0.25, 0.3) is 0 Å². The van der Waals surface area contributed by atoms with Crippen molar-refractivity contribution in [1.29, 1.82) is 0 Å². The van der Waals surface area contributed by atoms with Gasteiger partial charge in [0.2, 0.25) is 0 Å². The minimum Gasteiger partial charge on any atom is -0.0737 e. The van der Waals surface area contributed by atoms with Gasteiger partial charge in [-0.05, 0) is 0 Å². The highest BCUT2D eigenvalue weighted by Gasteiger charge is 2.64. The molecule has 0 spiro atoms. The number of hydrogen-bond acceptors (Lipinski definition) is 0. The third-order valence-electron chi connectivity index (χ3n) is 4.63. The van der Waals surface area contributed by atoms with E-state index < -0.39 is 29.9 Å². The lowest BCUT2D eigenvalue weighted by Crippen LogP contribution is -2.71. The van der Waals surface area contributed by atoms with E-state index in [0.29, 0.717) is 0 Å². The van der Waals surface area contributed by atoms with E-state index in [9.17, 15) is 0 Å². The van der Waals surface area contributed by atoms with Crippen molar-refractivity contribution < 1.29 is 0 Å². The van der Waals surface area contributed by atoms with E-state index in [-0.39, 0.29) is 7.35 Å². The Morgan fingerprint density at radius 1 is 0.867 bits per heavy atom. The van der Waals surface area contributed by atoms with Gasteiger partial charge < -0.3 is 0 Å². The second kappa shape index (κ2) is 3.54. The predicted octanol–water partition coefficient (Wildman–Crippen LogP) is 3.81. The molecule has 0 bridgehead atoms. The number of hydrogen-bond donors (Lipinski definition) is 0. The summed E-state index contributed by atoms with van der Waals surface area (Å²) in [6.45, 7) is 24.6. The van der Waals surface area contributed by atoms with Crippen LogP contribution < -0.4 is 0 Å². The maximum atomic E-state index is 2.79. The van der Waals surface area contributed by atoms with Crippen molar-refractivity contribution in [2.75, 3.05) is 0 Å². The Bertz CT molecular complexity index is 261. The molecule has 1 saturated heterocycles. The van der Waals surface area contributed by atoms with Gasteiger partial charge in [-0.15, -0.1) is 0 Å². The molecule has 1 radical (unpaired) electrons. The van der Waals surface area contributed by atoms with Gasteiger partial charge in [0.1, 0.15) is 0 Å². The zero-order chi connectivity index (χ0) is 12.3. The highest BCUT2D eigenvalue weighted by atomic mass is 30.0. The van der Waals surface area contributed by atoms with E-state index in [1.54, 1.807) is 5.67 Å². The van der Waals surface area contributed by atoms with Gasteiger partial charge in [0.15, 0.2) is 0 Å². The summed E-state index contributed by atoms with van der Waals surface area (Å²) >= 11 is 0. The van der Waals surface area contributed by atoms with Gasteiger partial charge in [-0.25, -0.2) is 0 Å². The molecular formula is C10H29Si5. The zero-order valence-corrected chi connectivity index (χ0v) is 17.2. The first-order valence-electron chi connectivity index (χ1n) is 6.21. The molecule has 0 atom stereocenters. The second-order valence-corrected chi connectivity index (χ2v) is 56.3. The van der Waals surface area contributed by atoms with Crippen LogP contribution in [0.2, 0.25) is 64.6 Å². The molecule has 0 aliphatic carbocycles. The maximum Gasteiger partial charge on any atom is 0.0351 e. The summed E-state index contributed by atoms with van der Waals surface area (Å²) in [4.78, 5) is 0. The minimum absolute atomic E-state index is 0.0918. The van der Waals surface area contributed by atoms with Gasteiger partial charge in [-0.2, -0.15) is 0 Å². The standard InChI is InChI=1S/C10H29Si5/c1-12(2,3)11-13(4,5)10-14(6,7)15(11,8)9/h10H2,1-9H3. The normalized spacial score (nSPS) is 29.4. The molecule has 15 heavy (non-hydrogen) atoms. The quantitative estimate of drug-likeness (QED) is 0.644. The predicted molar refractivity (Wildman–Crippen MR) is 86.4 cm³/mol. The Morgan fingerprint density at radius 3 is 1.40 bits per heavy atom. The molecule has 0 aromatic heterocycles. The molecule has 0 amide bonds. The van der Waals surface area contributed by atoms with Gasteiger partial charge in [0, 0.05) is 37.2 Å². The molecule has 0 unspecified atom stereocenters. The summed E-state index contributed by atoms with van der Waals surface area (Å²) in [7, 11) is -3.12. The van der Waals surface area contributed by atoms with Crippen LogP contribution in [0.1, 0.15) is 0 Å². The Labute approximate surface area is 102 Å². The largest absolute Gasteiger partial charge is 0.0737 e. The molecule has 0 aromatic carbocycles. The average Bonchev–Trinajstić information content (AvgIpc) is 1.87. The van der Waals surface area contributed by atoms with Crippen LogP contribution in [0, 0.1) is 0 Å². The minimum atomic E-state index is -0.824. The van der Waals surface area contributed by atoms with Crippen molar-refractivity contribution >= 4 is 37.2 Å². The Balaban J connectivity index is 3.25. The van der Waals surface area contributed by atoms with E-state index in [1.807, 2.05) is 0 Å². The lowest BCUT2D eigenvalue weighted by molar-refractivity contribution is 1.65. The van der Waals surface area contributed by atoms with Crippen LogP contribution in [-0.4, -0.2) is 37.2 Å². The Kier molecular flexibility index (Phi) is 3.34. The number of rotatable bonds is 1. The van der Waals surface area contributed by atoms with Crippen molar-refractivity contribution in [2.45, 2.75) is 64.6 Å². The van der Waals surface area contributed by atoms with Crippen molar-refractivity contribution in [1.82, 2.24) is 0 Å². The highest BCUT2D eigenvalue weighted by molar-refractivity contribution is 7.96. The van der Waals surface area contributed by atoms with Crippen LogP contribution in [0.5, 0.6) is 0 Å². The summed E-state index contributed by atoms with van der Waals surface area (Å²) in [5.74, 6) is 0. The van der Waals surface area contributed by atoms with E-state index in [1.165, 1.54) is 0 Å². The fourth-order valence-electron chi connectivity index (χ4n) is 4.55. The van der Waals surface area contributed by atoms with Crippen LogP contribution in [0.4, 0.5) is 0 Å². The third kappa shape index (κ3) is 2.22. The molecule has 0 aromatic rings. The molecule has 1 aliphatic rings. The van der Waals surface area contributed by atoms with Crippen molar-refractivity contribution in [2.24, 2.45) is 0 Å². The van der Waals surface area contributed by atoms with Crippen LogP contribution in [0.15, 0.2) is 0 Å². The van der Waals surface area contributed by atoms with E-state index in [4.69, 9.17) is 0 Å². The van der Waals surface area contributed by atoms with Crippen molar-refractivity contribution in [3.05, 3.63) is 0 Å². The van der Waals surface area contributed by atoms with Crippen LogP contribution in [0.3, 0.4) is 0 Å². The topological polar surface area (TPSA) is 0 Å². The van der Waals surface area contributed by atoms with Gasteiger partial charge in [0.05, 0.1) is 0 Å². The molecule has 5 heteroatoms. The zero-order valence-electron chi connectivity index (χ0n) is 12.2. The second-order valence-electron chi connectivity index (χ2n) is 8.19. The SMILES string of the molecule is C[Si](C)(C)[Si]1[Si](C)(C)C[Si](C)(C)[Si]1(C)C.